The molecule has 0 unspecified atom stereocenters. The summed E-state index contributed by atoms with van der Waals surface area (Å²) >= 11 is 0. The molecule has 7 nitrogen and oxygen atoms in total. The first-order chi connectivity index (χ1) is 10.1. The summed E-state index contributed by atoms with van der Waals surface area (Å²) in [4.78, 5) is 24.5. The lowest BCUT2D eigenvalue weighted by Crippen LogP contribution is -2.26. The summed E-state index contributed by atoms with van der Waals surface area (Å²) in [5.74, 6) is -0.176. The molecule has 1 amide bonds. The quantitative estimate of drug-likeness (QED) is 0.853. The van der Waals surface area contributed by atoms with E-state index in [9.17, 15) is 4.79 Å². The number of hydrogen-bond acceptors (Lipinski definition) is 5. The lowest BCUT2D eigenvalue weighted by Gasteiger charge is -2.10. The van der Waals surface area contributed by atoms with E-state index >= 15 is 0 Å². The molecule has 0 aromatic carbocycles. The highest BCUT2D eigenvalue weighted by atomic mass is 16.5. The minimum atomic E-state index is -0.176. The average molecular weight is 289 g/mol. The number of carbonyl (C=O) groups excluding carboxylic acids is 1. The number of hydrogen-bond donors (Lipinski definition) is 1. The van der Waals surface area contributed by atoms with Crippen molar-refractivity contribution in [3.63, 3.8) is 0 Å². The molecule has 2 aromatic heterocycles. The monoisotopic (exact) mass is 289 g/mol. The first-order valence-electron chi connectivity index (χ1n) is 6.67. The van der Waals surface area contributed by atoms with Crippen LogP contribution in [-0.2, 0) is 17.8 Å². The number of imidazole rings is 1. The normalized spacial score (nSPS) is 10.6. The van der Waals surface area contributed by atoms with Gasteiger partial charge in [-0.15, -0.1) is 0 Å². The van der Waals surface area contributed by atoms with E-state index in [1.807, 2.05) is 4.57 Å². The van der Waals surface area contributed by atoms with Crippen LogP contribution in [0.4, 0.5) is 0 Å². The highest BCUT2D eigenvalue weighted by Crippen LogP contribution is 2.08. The SMILES string of the molecule is COCCn1cncc1CNC(=O)c1c(C)ncnc1C. The fourth-order valence-corrected chi connectivity index (χ4v) is 2.07. The molecule has 112 valence electrons. The van der Waals surface area contributed by atoms with Crippen LogP contribution in [-0.4, -0.2) is 39.1 Å². The van der Waals surface area contributed by atoms with Crippen LogP contribution in [0, 0.1) is 13.8 Å². The number of aryl methyl sites for hydroxylation is 2. The smallest absolute Gasteiger partial charge is 0.255 e. The summed E-state index contributed by atoms with van der Waals surface area (Å²) in [7, 11) is 1.65. The van der Waals surface area contributed by atoms with Crippen LogP contribution in [0.1, 0.15) is 27.4 Å². The van der Waals surface area contributed by atoms with Gasteiger partial charge in [-0.3, -0.25) is 4.79 Å². The highest BCUT2D eigenvalue weighted by Gasteiger charge is 2.14. The Morgan fingerprint density at radius 2 is 2.05 bits per heavy atom. The highest BCUT2D eigenvalue weighted by molar-refractivity contribution is 5.96. The van der Waals surface area contributed by atoms with E-state index < -0.39 is 0 Å². The molecule has 0 atom stereocenters. The van der Waals surface area contributed by atoms with Gasteiger partial charge in [0.15, 0.2) is 0 Å². The van der Waals surface area contributed by atoms with Gasteiger partial charge >= 0.3 is 0 Å². The molecule has 0 saturated heterocycles. The van der Waals surface area contributed by atoms with Gasteiger partial charge in [-0.2, -0.15) is 0 Å². The molecule has 0 fully saturated rings. The van der Waals surface area contributed by atoms with Gasteiger partial charge in [-0.1, -0.05) is 0 Å². The Balaban J connectivity index is 2.03. The molecule has 0 bridgehead atoms. The van der Waals surface area contributed by atoms with E-state index in [0.717, 1.165) is 5.69 Å². The lowest BCUT2D eigenvalue weighted by atomic mass is 10.1. The Hall–Kier alpha value is -2.28. The Bertz CT molecular complexity index is 603. The average Bonchev–Trinajstić information content (AvgIpc) is 2.90. The van der Waals surface area contributed by atoms with Crippen LogP contribution in [0.5, 0.6) is 0 Å². The Morgan fingerprint density at radius 3 is 2.71 bits per heavy atom. The number of carbonyl (C=O) groups is 1. The summed E-state index contributed by atoms with van der Waals surface area (Å²) in [5.41, 5.74) is 2.80. The maximum absolute atomic E-state index is 12.3. The predicted octanol–water partition coefficient (Wildman–Crippen LogP) is 0.866. The van der Waals surface area contributed by atoms with Crippen LogP contribution in [0.25, 0.3) is 0 Å². The van der Waals surface area contributed by atoms with E-state index in [0.29, 0.717) is 36.6 Å². The van der Waals surface area contributed by atoms with Crippen molar-refractivity contribution in [3.05, 3.63) is 41.5 Å². The second-order valence-electron chi connectivity index (χ2n) is 4.67. The van der Waals surface area contributed by atoms with Gasteiger partial charge in [0.25, 0.3) is 5.91 Å². The number of methoxy groups -OCH3 is 1. The number of nitrogens with zero attached hydrogens (tertiary/aromatic N) is 4. The van der Waals surface area contributed by atoms with Crippen molar-refractivity contribution in [2.75, 3.05) is 13.7 Å². The van der Waals surface area contributed by atoms with Crippen molar-refractivity contribution >= 4 is 5.91 Å². The van der Waals surface area contributed by atoms with Gasteiger partial charge < -0.3 is 14.6 Å². The molecular weight excluding hydrogens is 270 g/mol. The summed E-state index contributed by atoms with van der Waals surface area (Å²) in [5, 5.41) is 2.88. The van der Waals surface area contributed by atoms with Crippen LogP contribution >= 0.6 is 0 Å². The zero-order valence-corrected chi connectivity index (χ0v) is 12.5. The lowest BCUT2D eigenvalue weighted by molar-refractivity contribution is 0.0947. The summed E-state index contributed by atoms with van der Waals surface area (Å²) in [6.07, 6.45) is 4.92. The van der Waals surface area contributed by atoms with Gasteiger partial charge in [-0.25, -0.2) is 15.0 Å². The first-order valence-corrected chi connectivity index (χ1v) is 6.67. The molecule has 21 heavy (non-hydrogen) atoms. The van der Waals surface area contributed by atoms with E-state index in [-0.39, 0.29) is 5.91 Å². The van der Waals surface area contributed by atoms with Crippen LogP contribution in [0.2, 0.25) is 0 Å². The molecule has 0 aliphatic carbocycles. The molecule has 0 aliphatic heterocycles. The molecule has 2 heterocycles. The largest absolute Gasteiger partial charge is 0.383 e. The van der Waals surface area contributed by atoms with Crippen LogP contribution in [0.15, 0.2) is 18.9 Å². The van der Waals surface area contributed by atoms with Gasteiger partial charge in [0, 0.05) is 19.9 Å². The fraction of sp³-hybridized carbons (Fsp3) is 0.429. The second kappa shape index (κ2) is 6.94. The third kappa shape index (κ3) is 3.63. The van der Waals surface area contributed by atoms with Gasteiger partial charge in [-0.05, 0) is 13.8 Å². The minimum absolute atomic E-state index is 0.176. The van der Waals surface area contributed by atoms with E-state index in [4.69, 9.17) is 4.74 Å². The van der Waals surface area contributed by atoms with Crippen LogP contribution in [0.3, 0.4) is 0 Å². The van der Waals surface area contributed by atoms with Gasteiger partial charge in [0.2, 0.25) is 0 Å². The van der Waals surface area contributed by atoms with Crippen molar-refractivity contribution in [3.8, 4) is 0 Å². The molecular formula is C14H19N5O2. The summed E-state index contributed by atoms with van der Waals surface area (Å²) < 4.78 is 6.99. The fourth-order valence-electron chi connectivity index (χ4n) is 2.07. The molecule has 0 radical (unpaired) electrons. The third-order valence-corrected chi connectivity index (χ3v) is 3.22. The molecule has 7 heteroatoms. The maximum Gasteiger partial charge on any atom is 0.255 e. The maximum atomic E-state index is 12.3. The van der Waals surface area contributed by atoms with Gasteiger partial charge in [0.05, 0.1) is 42.1 Å². The van der Waals surface area contributed by atoms with Crippen molar-refractivity contribution in [2.24, 2.45) is 0 Å². The van der Waals surface area contributed by atoms with E-state index in [1.165, 1.54) is 6.33 Å². The Labute approximate surface area is 123 Å². The van der Waals surface area contributed by atoms with E-state index in [1.54, 1.807) is 33.5 Å². The number of nitrogens with one attached hydrogen (secondary N) is 1. The topological polar surface area (TPSA) is 81.9 Å². The van der Waals surface area contributed by atoms with Crippen molar-refractivity contribution in [1.82, 2.24) is 24.8 Å². The van der Waals surface area contributed by atoms with Crippen LogP contribution < -0.4 is 5.32 Å². The molecule has 0 spiro atoms. The number of amides is 1. The number of aromatic nitrogens is 4. The summed E-state index contributed by atoms with van der Waals surface area (Å²) in [6, 6.07) is 0. The standard InChI is InChI=1S/C14H19N5O2/c1-10-13(11(2)18-8-17-10)14(20)16-7-12-6-15-9-19(12)4-5-21-3/h6,8-9H,4-5,7H2,1-3H3,(H,16,20). The molecule has 0 aliphatic rings. The number of rotatable bonds is 6. The molecule has 2 rings (SSSR count). The van der Waals surface area contributed by atoms with Crippen molar-refractivity contribution in [2.45, 2.75) is 26.9 Å². The molecule has 0 saturated carbocycles. The minimum Gasteiger partial charge on any atom is -0.383 e. The third-order valence-electron chi connectivity index (χ3n) is 3.22. The molecule has 1 N–H and O–H groups in total. The zero-order valence-electron chi connectivity index (χ0n) is 12.5. The zero-order chi connectivity index (χ0) is 15.2. The Morgan fingerprint density at radius 1 is 1.33 bits per heavy atom. The first kappa shape index (κ1) is 15.1. The van der Waals surface area contributed by atoms with E-state index in [2.05, 4.69) is 20.3 Å². The van der Waals surface area contributed by atoms with Crippen molar-refractivity contribution < 1.29 is 9.53 Å². The number of ether oxygens (including phenoxy) is 1. The summed E-state index contributed by atoms with van der Waals surface area (Å²) in [6.45, 7) is 5.30. The second-order valence-corrected chi connectivity index (χ2v) is 4.67. The Kier molecular flexibility index (Phi) is 4.99. The van der Waals surface area contributed by atoms with Gasteiger partial charge in [0.1, 0.15) is 6.33 Å². The predicted molar refractivity (Wildman–Crippen MR) is 76.8 cm³/mol. The van der Waals surface area contributed by atoms with Crippen molar-refractivity contribution in [1.29, 1.82) is 0 Å². The molecule has 2 aromatic rings.